The number of nitrogens with one attached hydrogen (secondary N) is 1. The Morgan fingerprint density at radius 1 is 0.974 bits per heavy atom. The molecule has 0 spiro atoms. The molecule has 1 N–H and O–H groups in total. The van der Waals surface area contributed by atoms with E-state index in [0.29, 0.717) is 27.9 Å². The number of rotatable bonds is 7. The van der Waals surface area contributed by atoms with Crippen LogP contribution in [0.3, 0.4) is 0 Å². The molecule has 0 aliphatic rings. The zero-order chi connectivity index (χ0) is 26.6. The van der Waals surface area contributed by atoms with Crippen LogP contribution >= 0.6 is 11.6 Å². The topological polar surface area (TPSA) is 125 Å². The molecule has 0 fully saturated rings. The number of benzene rings is 3. The Balaban J connectivity index is 1.50. The molecule has 1 atom stereocenters. The van der Waals surface area contributed by atoms with Gasteiger partial charge < -0.3 is 14.5 Å². The van der Waals surface area contributed by atoms with Gasteiger partial charge >= 0.3 is 5.97 Å². The largest absolute Gasteiger partial charge is 0.463 e. The number of pyridine rings is 1. The number of nitrogens with zero attached hydrogens (tertiary/aromatic N) is 2. The molecule has 38 heavy (non-hydrogen) atoms. The minimum absolute atomic E-state index is 0.0334. The molecule has 0 radical (unpaired) electrons. The number of carbonyl (C=O) groups is 2. The van der Waals surface area contributed by atoms with Crippen LogP contribution < -0.4 is 5.32 Å². The van der Waals surface area contributed by atoms with E-state index < -0.39 is 22.9 Å². The summed E-state index contributed by atoms with van der Waals surface area (Å²) < 4.78 is 11.2. The molecule has 0 bridgehead atoms. The zero-order valence-corrected chi connectivity index (χ0v) is 20.3. The van der Waals surface area contributed by atoms with E-state index in [0.717, 1.165) is 6.07 Å². The van der Waals surface area contributed by atoms with Gasteiger partial charge in [-0.1, -0.05) is 60.1 Å². The summed E-state index contributed by atoms with van der Waals surface area (Å²) in [7, 11) is 0. The fourth-order valence-electron chi connectivity index (χ4n) is 3.88. The summed E-state index contributed by atoms with van der Waals surface area (Å²) in [6, 6.07) is 24.2. The molecule has 5 aromatic rings. The third kappa shape index (κ3) is 5.09. The van der Waals surface area contributed by atoms with Crippen LogP contribution in [0.2, 0.25) is 5.02 Å². The molecule has 1 unspecified atom stereocenters. The Kier molecular flexibility index (Phi) is 6.84. The van der Waals surface area contributed by atoms with Crippen molar-refractivity contribution >= 4 is 45.8 Å². The van der Waals surface area contributed by atoms with Crippen molar-refractivity contribution in [2.24, 2.45) is 0 Å². The standard InChI is InChI=1S/C28H18ClN3O6/c29-21-15-18(32(35)36)12-13-23(21)31-27(33)26(17-7-2-1-3-8-17)38-28(34)20-16-24(25-11-6-14-37-25)30-22-10-5-4-9-19(20)22/h1-16,26H,(H,31,33). The van der Waals surface area contributed by atoms with Gasteiger partial charge in [0.25, 0.3) is 11.6 Å². The maximum atomic E-state index is 13.5. The first-order chi connectivity index (χ1) is 18.4. The third-order valence-corrected chi connectivity index (χ3v) is 6.01. The number of ether oxygens (including phenoxy) is 1. The predicted octanol–water partition coefficient (Wildman–Crippen LogP) is 6.59. The van der Waals surface area contributed by atoms with E-state index in [4.69, 9.17) is 20.8 Å². The second-order valence-electron chi connectivity index (χ2n) is 8.16. The molecular formula is C28H18ClN3O6. The zero-order valence-electron chi connectivity index (χ0n) is 19.5. The predicted molar refractivity (Wildman–Crippen MR) is 141 cm³/mol. The molecule has 5 rings (SSSR count). The summed E-state index contributed by atoms with van der Waals surface area (Å²) in [4.78, 5) is 41.9. The molecule has 0 aliphatic carbocycles. The Labute approximate surface area is 220 Å². The monoisotopic (exact) mass is 527 g/mol. The van der Waals surface area contributed by atoms with Crippen LogP contribution in [-0.2, 0) is 9.53 Å². The molecule has 0 aliphatic heterocycles. The molecule has 0 saturated heterocycles. The van der Waals surface area contributed by atoms with Crippen LogP contribution in [0.25, 0.3) is 22.4 Å². The van der Waals surface area contributed by atoms with Gasteiger partial charge in [0.05, 0.1) is 33.0 Å². The molecule has 9 nitrogen and oxygen atoms in total. The first-order valence-electron chi connectivity index (χ1n) is 11.3. The van der Waals surface area contributed by atoms with Crippen LogP contribution in [0.4, 0.5) is 11.4 Å². The summed E-state index contributed by atoms with van der Waals surface area (Å²) in [6.07, 6.45) is 0.150. The highest BCUT2D eigenvalue weighted by Gasteiger charge is 2.28. The second-order valence-corrected chi connectivity index (χ2v) is 8.56. The number of amides is 1. The number of nitro groups is 1. The Morgan fingerprint density at radius 2 is 1.74 bits per heavy atom. The van der Waals surface area contributed by atoms with Crippen molar-refractivity contribution in [2.45, 2.75) is 6.10 Å². The first-order valence-corrected chi connectivity index (χ1v) is 11.7. The van der Waals surface area contributed by atoms with Crippen LogP contribution in [0.15, 0.2) is 102 Å². The fourth-order valence-corrected chi connectivity index (χ4v) is 4.11. The van der Waals surface area contributed by atoms with E-state index in [1.807, 2.05) is 0 Å². The number of halogens is 1. The van der Waals surface area contributed by atoms with Crippen molar-refractivity contribution in [2.75, 3.05) is 5.32 Å². The number of anilines is 1. The number of non-ortho nitro benzene ring substituents is 1. The lowest BCUT2D eigenvalue weighted by Gasteiger charge is -2.19. The summed E-state index contributed by atoms with van der Waals surface area (Å²) in [6.45, 7) is 0. The highest BCUT2D eigenvalue weighted by atomic mass is 35.5. The van der Waals surface area contributed by atoms with Gasteiger partial charge in [-0.3, -0.25) is 14.9 Å². The van der Waals surface area contributed by atoms with Crippen molar-refractivity contribution in [1.82, 2.24) is 4.98 Å². The summed E-state index contributed by atoms with van der Waals surface area (Å²) in [5.74, 6) is -0.977. The number of hydrogen-bond acceptors (Lipinski definition) is 7. The quantitative estimate of drug-likeness (QED) is 0.144. The lowest BCUT2D eigenvalue weighted by atomic mass is 10.1. The van der Waals surface area contributed by atoms with E-state index in [2.05, 4.69) is 10.3 Å². The van der Waals surface area contributed by atoms with Crippen LogP contribution in [-0.4, -0.2) is 21.8 Å². The highest BCUT2D eigenvalue weighted by Crippen LogP contribution is 2.30. The minimum atomic E-state index is -1.35. The molecule has 188 valence electrons. The third-order valence-electron chi connectivity index (χ3n) is 5.70. The minimum Gasteiger partial charge on any atom is -0.463 e. The lowest BCUT2D eigenvalue weighted by Crippen LogP contribution is -2.26. The van der Waals surface area contributed by atoms with E-state index in [-0.39, 0.29) is 22.0 Å². The van der Waals surface area contributed by atoms with Gasteiger partial charge in [0.15, 0.2) is 5.76 Å². The highest BCUT2D eigenvalue weighted by molar-refractivity contribution is 6.34. The van der Waals surface area contributed by atoms with Crippen LogP contribution in [0, 0.1) is 10.1 Å². The molecule has 0 saturated carbocycles. The number of para-hydroxylation sites is 1. The van der Waals surface area contributed by atoms with Gasteiger partial charge in [0, 0.05) is 23.1 Å². The molecule has 2 heterocycles. The van der Waals surface area contributed by atoms with Gasteiger partial charge in [-0.05, 0) is 30.3 Å². The van der Waals surface area contributed by atoms with Crippen molar-refractivity contribution in [3.63, 3.8) is 0 Å². The Bertz CT molecular complexity index is 1650. The lowest BCUT2D eigenvalue weighted by molar-refractivity contribution is -0.384. The number of furan rings is 1. The number of aromatic nitrogens is 1. The van der Waals surface area contributed by atoms with Gasteiger partial charge in [-0.15, -0.1) is 0 Å². The van der Waals surface area contributed by atoms with Gasteiger partial charge in [-0.2, -0.15) is 0 Å². The van der Waals surface area contributed by atoms with E-state index in [9.17, 15) is 19.7 Å². The van der Waals surface area contributed by atoms with Crippen molar-refractivity contribution in [1.29, 1.82) is 0 Å². The maximum absolute atomic E-state index is 13.5. The molecule has 2 aromatic heterocycles. The first kappa shape index (κ1) is 24.7. The number of hydrogen-bond donors (Lipinski definition) is 1. The molecular weight excluding hydrogens is 510 g/mol. The summed E-state index contributed by atoms with van der Waals surface area (Å²) in [5, 5.41) is 14.1. The number of nitro benzene ring substituents is 1. The van der Waals surface area contributed by atoms with E-state index in [1.165, 1.54) is 18.4 Å². The fraction of sp³-hybridized carbons (Fsp3) is 0.0357. The maximum Gasteiger partial charge on any atom is 0.340 e. The Hall–Kier alpha value is -5.02. The summed E-state index contributed by atoms with van der Waals surface area (Å²) in [5.41, 5.74) is 1.50. The van der Waals surface area contributed by atoms with Crippen molar-refractivity contribution in [3.05, 3.63) is 124 Å². The average molecular weight is 528 g/mol. The number of esters is 1. The molecule has 3 aromatic carbocycles. The van der Waals surface area contributed by atoms with Gasteiger partial charge in [0.2, 0.25) is 6.10 Å². The second kappa shape index (κ2) is 10.5. The van der Waals surface area contributed by atoms with E-state index in [1.54, 1.807) is 72.8 Å². The van der Waals surface area contributed by atoms with Crippen molar-refractivity contribution < 1.29 is 23.7 Å². The van der Waals surface area contributed by atoms with E-state index >= 15 is 0 Å². The van der Waals surface area contributed by atoms with Gasteiger partial charge in [0.1, 0.15) is 5.69 Å². The normalized spacial score (nSPS) is 11.6. The Morgan fingerprint density at radius 3 is 2.45 bits per heavy atom. The smallest absolute Gasteiger partial charge is 0.340 e. The SMILES string of the molecule is O=C(OC(C(=O)Nc1ccc([N+](=O)[O-])cc1Cl)c1ccccc1)c1cc(-c2ccco2)nc2ccccc12. The summed E-state index contributed by atoms with van der Waals surface area (Å²) >= 11 is 6.16. The van der Waals surface area contributed by atoms with Gasteiger partial charge in [-0.25, -0.2) is 9.78 Å². The number of fused-ring (bicyclic) bond motifs is 1. The number of carbonyl (C=O) groups excluding carboxylic acids is 2. The van der Waals surface area contributed by atoms with Crippen LogP contribution in [0.5, 0.6) is 0 Å². The van der Waals surface area contributed by atoms with Crippen molar-refractivity contribution in [3.8, 4) is 11.5 Å². The molecule has 10 heteroatoms. The average Bonchev–Trinajstić information content (AvgIpc) is 3.47. The molecule has 1 amide bonds. The van der Waals surface area contributed by atoms with Crippen LogP contribution in [0.1, 0.15) is 22.0 Å².